The Hall–Kier alpha value is -1.80. The molecule has 0 aliphatic rings. The Morgan fingerprint density at radius 2 is 0.803 bits per heavy atom. The molecule has 0 rings (SSSR count). The van der Waals surface area contributed by atoms with E-state index in [1.54, 1.807) is 0 Å². The van der Waals surface area contributed by atoms with Crippen molar-refractivity contribution in [3.8, 4) is 0 Å². The molecule has 0 aromatic rings. The van der Waals surface area contributed by atoms with Gasteiger partial charge in [0.05, 0.1) is 19.8 Å². The highest BCUT2D eigenvalue weighted by Crippen LogP contribution is 2.43. The van der Waals surface area contributed by atoms with Crippen LogP contribution in [-0.4, -0.2) is 49.9 Å². The average molecular weight is 948 g/mol. The van der Waals surface area contributed by atoms with Gasteiger partial charge in [-0.05, 0) is 83.5 Å². The lowest BCUT2D eigenvalue weighted by Crippen LogP contribution is -2.28. The molecule has 0 spiro atoms. The number of hydrogen-bond acceptors (Lipinski definition) is 7. The van der Waals surface area contributed by atoms with Crippen LogP contribution >= 0.6 is 7.82 Å². The Kier molecular flexibility index (Phi) is 52.7. The molecule has 0 radical (unpaired) electrons. The van der Waals surface area contributed by atoms with Crippen molar-refractivity contribution in [2.45, 2.75) is 264 Å². The summed E-state index contributed by atoms with van der Waals surface area (Å²) in [6.07, 6.45) is 68.3. The molecule has 8 nitrogen and oxygen atoms in total. The Labute approximate surface area is 408 Å². The molecule has 0 aromatic carbocycles. The van der Waals surface area contributed by atoms with Crippen LogP contribution in [0.25, 0.3) is 0 Å². The lowest BCUT2D eigenvalue weighted by Gasteiger charge is -2.20. The molecule has 0 aromatic heterocycles. The number of unbranched alkanes of at least 4 members (excludes halogenated alkanes) is 30. The van der Waals surface area contributed by atoms with Crippen molar-refractivity contribution < 1.29 is 32.8 Å². The number of nitrogens with two attached hydrogens (primary N) is 1. The van der Waals surface area contributed by atoms with Gasteiger partial charge in [-0.3, -0.25) is 13.8 Å². The van der Waals surface area contributed by atoms with Crippen LogP contribution in [0, 0.1) is 0 Å². The van der Waals surface area contributed by atoms with Gasteiger partial charge in [0.25, 0.3) is 0 Å². The maximum Gasteiger partial charge on any atom is 0.472 e. The predicted molar refractivity (Wildman–Crippen MR) is 284 cm³/mol. The van der Waals surface area contributed by atoms with E-state index in [2.05, 4.69) is 74.6 Å². The van der Waals surface area contributed by atoms with Crippen molar-refractivity contribution in [3.05, 3.63) is 60.8 Å². The average Bonchev–Trinajstić information content (AvgIpc) is 3.31. The summed E-state index contributed by atoms with van der Waals surface area (Å²) >= 11 is 0. The third-order valence-electron chi connectivity index (χ3n) is 11.9. The smallest absolute Gasteiger partial charge is 0.457 e. The van der Waals surface area contributed by atoms with Crippen LogP contribution in [-0.2, 0) is 27.9 Å². The highest BCUT2D eigenvalue weighted by molar-refractivity contribution is 7.47. The summed E-state index contributed by atoms with van der Waals surface area (Å²) in [5.74, 6) is -0.336. The molecule has 0 aliphatic heterocycles. The summed E-state index contributed by atoms with van der Waals surface area (Å²) in [7, 11) is -4.29. The van der Waals surface area contributed by atoms with E-state index in [-0.39, 0.29) is 32.3 Å². The minimum absolute atomic E-state index is 0.0971. The molecule has 0 heterocycles. The van der Waals surface area contributed by atoms with Crippen LogP contribution < -0.4 is 5.73 Å². The fraction of sp³-hybridized carbons (Fsp3) is 0.807. The summed E-state index contributed by atoms with van der Waals surface area (Å²) in [5.41, 5.74) is 5.40. The third-order valence-corrected chi connectivity index (χ3v) is 12.9. The first-order valence-electron chi connectivity index (χ1n) is 27.8. The third kappa shape index (κ3) is 53.2. The number of phosphoric acid groups is 1. The van der Waals surface area contributed by atoms with E-state index < -0.39 is 13.9 Å². The molecule has 2 unspecified atom stereocenters. The van der Waals surface area contributed by atoms with Gasteiger partial charge in [0.15, 0.2) is 0 Å². The second-order valence-corrected chi connectivity index (χ2v) is 19.9. The Morgan fingerprint density at radius 1 is 0.455 bits per heavy atom. The summed E-state index contributed by atoms with van der Waals surface area (Å²) in [6.45, 7) is 4.92. The van der Waals surface area contributed by atoms with Crippen molar-refractivity contribution in [1.82, 2.24) is 0 Å². The normalized spacial score (nSPS) is 13.7. The summed E-state index contributed by atoms with van der Waals surface area (Å²) < 4.78 is 33.7. The summed E-state index contributed by atoms with van der Waals surface area (Å²) in [4.78, 5) is 22.6. The van der Waals surface area contributed by atoms with Crippen molar-refractivity contribution in [1.29, 1.82) is 0 Å². The largest absolute Gasteiger partial charge is 0.472 e. The number of rotatable bonds is 53. The molecule has 0 fully saturated rings. The fourth-order valence-electron chi connectivity index (χ4n) is 7.80. The summed E-state index contributed by atoms with van der Waals surface area (Å²) in [6, 6.07) is 0. The van der Waals surface area contributed by atoms with E-state index in [1.807, 2.05) is 0 Å². The maximum absolute atomic E-state index is 12.7. The van der Waals surface area contributed by atoms with Crippen LogP contribution in [0.3, 0.4) is 0 Å². The van der Waals surface area contributed by atoms with Gasteiger partial charge in [-0.15, -0.1) is 0 Å². The van der Waals surface area contributed by atoms with Crippen molar-refractivity contribution in [2.24, 2.45) is 5.73 Å². The standard InChI is InChI=1S/C57H106NO7P/c1-3-5-7-9-11-13-15-17-19-21-23-25-27-29-31-33-35-37-39-41-43-45-47-49-52-62-54-56(55-64-66(60,61)63-53-51-58)65-57(59)50-48-46-44-42-40-38-36-34-32-30-28-26-24-22-20-18-16-14-12-10-8-6-4-2/h15-18,21-24,28,30,56H,3-14,19-20,25-27,29,31-55,58H2,1-2H3,(H,60,61)/b17-15-,18-16-,23-21-,24-22-,30-28-. The molecule has 0 amide bonds. The van der Waals surface area contributed by atoms with Crippen molar-refractivity contribution >= 4 is 13.8 Å². The van der Waals surface area contributed by atoms with Crippen LogP contribution in [0.15, 0.2) is 60.8 Å². The van der Waals surface area contributed by atoms with E-state index in [0.29, 0.717) is 13.0 Å². The van der Waals surface area contributed by atoms with Gasteiger partial charge in [-0.25, -0.2) is 4.57 Å². The second-order valence-electron chi connectivity index (χ2n) is 18.4. The quantitative estimate of drug-likeness (QED) is 0.0268. The van der Waals surface area contributed by atoms with Crippen LogP contribution in [0.2, 0.25) is 0 Å². The van der Waals surface area contributed by atoms with Crippen LogP contribution in [0.5, 0.6) is 0 Å². The van der Waals surface area contributed by atoms with Crippen LogP contribution in [0.4, 0.5) is 0 Å². The molecule has 3 N–H and O–H groups in total. The number of esters is 1. The Balaban J connectivity index is 3.93. The lowest BCUT2D eigenvalue weighted by atomic mass is 10.0. The Bertz CT molecular complexity index is 1200. The molecule has 66 heavy (non-hydrogen) atoms. The fourth-order valence-corrected chi connectivity index (χ4v) is 8.57. The van der Waals surface area contributed by atoms with Crippen LogP contribution in [0.1, 0.15) is 258 Å². The monoisotopic (exact) mass is 948 g/mol. The van der Waals surface area contributed by atoms with Gasteiger partial charge >= 0.3 is 13.8 Å². The molecular weight excluding hydrogens is 842 g/mol. The van der Waals surface area contributed by atoms with Gasteiger partial charge in [0.1, 0.15) is 6.10 Å². The number of phosphoric ester groups is 1. The first kappa shape index (κ1) is 64.2. The van der Waals surface area contributed by atoms with Gasteiger partial charge < -0.3 is 20.1 Å². The van der Waals surface area contributed by atoms with E-state index in [0.717, 1.165) is 57.8 Å². The maximum atomic E-state index is 12.7. The molecule has 0 aliphatic carbocycles. The van der Waals surface area contributed by atoms with E-state index in [1.165, 1.54) is 180 Å². The highest BCUT2D eigenvalue weighted by Gasteiger charge is 2.25. The lowest BCUT2D eigenvalue weighted by molar-refractivity contribution is -0.154. The van der Waals surface area contributed by atoms with Gasteiger partial charge in [-0.1, -0.05) is 229 Å². The highest BCUT2D eigenvalue weighted by atomic mass is 31.2. The number of hydrogen-bond donors (Lipinski definition) is 2. The zero-order chi connectivity index (χ0) is 48.0. The van der Waals surface area contributed by atoms with E-state index >= 15 is 0 Å². The zero-order valence-corrected chi connectivity index (χ0v) is 44.1. The molecular formula is C57H106NO7P. The molecule has 9 heteroatoms. The minimum Gasteiger partial charge on any atom is -0.457 e. The topological polar surface area (TPSA) is 117 Å². The molecule has 0 bridgehead atoms. The first-order chi connectivity index (χ1) is 32.4. The van der Waals surface area contributed by atoms with E-state index in [4.69, 9.17) is 24.3 Å². The predicted octanol–water partition coefficient (Wildman–Crippen LogP) is 17.7. The first-order valence-corrected chi connectivity index (χ1v) is 29.3. The van der Waals surface area contributed by atoms with Gasteiger partial charge in [-0.2, -0.15) is 0 Å². The molecule has 2 atom stereocenters. The molecule has 386 valence electrons. The second kappa shape index (κ2) is 54.1. The van der Waals surface area contributed by atoms with E-state index in [9.17, 15) is 14.3 Å². The summed E-state index contributed by atoms with van der Waals surface area (Å²) in [5, 5.41) is 0. The van der Waals surface area contributed by atoms with Crippen molar-refractivity contribution in [2.75, 3.05) is 33.0 Å². The zero-order valence-electron chi connectivity index (χ0n) is 43.2. The van der Waals surface area contributed by atoms with Gasteiger partial charge in [0.2, 0.25) is 0 Å². The SMILES string of the molecule is CCCCCCC/C=C\C/C=C\C/C=C\CCCCCCCCCCC(=O)OC(COCCCCCCCCCCCCCC/C=C\C/C=C\CCCCCCC)COP(=O)(O)OCCN. The number of ether oxygens (including phenoxy) is 2. The number of carbonyl (C=O) groups excluding carboxylic acids is 1. The number of carbonyl (C=O) groups is 1. The Morgan fingerprint density at radius 3 is 1.20 bits per heavy atom. The minimum atomic E-state index is -4.29. The van der Waals surface area contributed by atoms with Crippen molar-refractivity contribution in [3.63, 3.8) is 0 Å². The molecule has 0 saturated heterocycles. The number of allylic oxidation sites excluding steroid dienone is 10. The van der Waals surface area contributed by atoms with Gasteiger partial charge in [0, 0.05) is 19.6 Å². The molecule has 0 saturated carbocycles.